The van der Waals surface area contributed by atoms with E-state index in [-0.39, 0.29) is 10.8 Å². The minimum atomic E-state index is 0.0537. The van der Waals surface area contributed by atoms with Crippen LogP contribution in [0, 0.1) is 20.8 Å². The molecule has 49 heavy (non-hydrogen) atoms. The largest absolute Gasteiger partial charge is 0.208 e. The number of aryl methyl sites for hydroxylation is 3. The Morgan fingerprint density at radius 1 is 0.408 bits per heavy atom. The molecule has 0 saturated carbocycles. The summed E-state index contributed by atoms with van der Waals surface area (Å²) < 4.78 is 0. The van der Waals surface area contributed by atoms with Gasteiger partial charge in [0, 0.05) is 16.7 Å². The summed E-state index contributed by atoms with van der Waals surface area (Å²) in [5, 5.41) is 5.02. The Hall–Kier alpha value is -5.15. The number of hydrogen-bond donors (Lipinski definition) is 0. The standard InChI is InChI=1S/C46H45N3/c1-28-15-25-37-39(26-28)30(3)35-24-14-29(2)27-40(35)41(37)36-12-10-11-13-38(36)44-48-42(31-16-20-33(21-17-31)45(4,5)6)47-43(49-44)32-18-22-34(23-19-32)46(7,8)9/h10-27H,1-9H3. The quantitative estimate of drug-likeness (QED) is 0.180. The van der Waals surface area contributed by atoms with E-state index in [1.807, 2.05) is 0 Å². The third-order valence-electron chi connectivity index (χ3n) is 9.79. The van der Waals surface area contributed by atoms with Gasteiger partial charge in [0.25, 0.3) is 0 Å². The van der Waals surface area contributed by atoms with Crippen molar-refractivity contribution in [3.63, 3.8) is 0 Å². The van der Waals surface area contributed by atoms with Gasteiger partial charge < -0.3 is 0 Å². The Kier molecular flexibility index (Phi) is 7.98. The number of benzene rings is 6. The van der Waals surface area contributed by atoms with E-state index in [1.165, 1.54) is 54.9 Å². The molecule has 0 amide bonds. The zero-order chi connectivity index (χ0) is 34.7. The second kappa shape index (κ2) is 12.1. The average Bonchev–Trinajstić information content (AvgIpc) is 3.08. The first-order valence-corrected chi connectivity index (χ1v) is 17.3. The van der Waals surface area contributed by atoms with Gasteiger partial charge in [0.1, 0.15) is 0 Å². The highest BCUT2D eigenvalue weighted by atomic mass is 15.0. The van der Waals surface area contributed by atoms with Crippen LogP contribution in [0.1, 0.15) is 69.4 Å². The predicted molar refractivity (Wildman–Crippen MR) is 208 cm³/mol. The Labute approximate surface area is 291 Å². The molecule has 0 aliphatic heterocycles. The van der Waals surface area contributed by atoms with Crippen LogP contribution < -0.4 is 0 Å². The lowest BCUT2D eigenvalue weighted by atomic mass is 9.86. The lowest BCUT2D eigenvalue weighted by Gasteiger charge is -2.20. The fraction of sp³-hybridized carbons (Fsp3) is 0.239. The molecular formula is C46H45N3. The van der Waals surface area contributed by atoms with Crippen molar-refractivity contribution < 1.29 is 0 Å². The van der Waals surface area contributed by atoms with Crippen molar-refractivity contribution in [2.24, 2.45) is 0 Å². The van der Waals surface area contributed by atoms with E-state index in [0.717, 1.165) is 22.3 Å². The summed E-state index contributed by atoms with van der Waals surface area (Å²) in [6, 6.07) is 39.6. The van der Waals surface area contributed by atoms with E-state index in [9.17, 15) is 0 Å². The minimum absolute atomic E-state index is 0.0537. The van der Waals surface area contributed by atoms with Crippen molar-refractivity contribution in [2.45, 2.75) is 73.1 Å². The van der Waals surface area contributed by atoms with Gasteiger partial charge in [-0.1, -0.05) is 162 Å². The van der Waals surface area contributed by atoms with Crippen LogP contribution in [-0.4, -0.2) is 15.0 Å². The fourth-order valence-corrected chi connectivity index (χ4v) is 6.85. The molecule has 0 saturated heterocycles. The summed E-state index contributed by atoms with van der Waals surface area (Å²) >= 11 is 0. The maximum atomic E-state index is 5.22. The van der Waals surface area contributed by atoms with Crippen molar-refractivity contribution in [3.05, 3.63) is 137 Å². The number of aromatic nitrogens is 3. The van der Waals surface area contributed by atoms with Gasteiger partial charge in [-0.2, -0.15) is 0 Å². The van der Waals surface area contributed by atoms with Crippen molar-refractivity contribution in [3.8, 4) is 45.3 Å². The molecule has 3 nitrogen and oxygen atoms in total. The third kappa shape index (κ3) is 6.15. The van der Waals surface area contributed by atoms with Gasteiger partial charge in [0.15, 0.2) is 17.5 Å². The molecule has 0 unspecified atom stereocenters. The van der Waals surface area contributed by atoms with E-state index in [1.54, 1.807) is 0 Å². The van der Waals surface area contributed by atoms with Crippen molar-refractivity contribution in [1.82, 2.24) is 15.0 Å². The monoisotopic (exact) mass is 639 g/mol. The van der Waals surface area contributed by atoms with Gasteiger partial charge in [0.2, 0.25) is 0 Å². The highest BCUT2D eigenvalue weighted by Gasteiger charge is 2.21. The summed E-state index contributed by atoms with van der Waals surface area (Å²) in [5.74, 6) is 2.00. The van der Waals surface area contributed by atoms with Crippen molar-refractivity contribution >= 4 is 21.5 Å². The summed E-state index contributed by atoms with van der Waals surface area (Å²) in [4.78, 5) is 15.5. The van der Waals surface area contributed by atoms with Crippen LogP contribution in [0.3, 0.4) is 0 Å². The highest BCUT2D eigenvalue weighted by molar-refractivity contribution is 6.16. The molecule has 0 fully saturated rings. The molecule has 0 radical (unpaired) electrons. The Balaban J connectivity index is 1.50. The molecule has 0 N–H and O–H groups in total. The topological polar surface area (TPSA) is 38.7 Å². The SMILES string of the molecule is Cc1ccc2c(-c3ccccc3-c3nc(-c4ccc(C(C)(C)C)cc4)nc(-c4ccc(C(C)(C)C)cc4)n3)c3cc(C)ccc3c(C)c2c1. The second-order valence-electron chi connectivity index (χ2n) is 15.6. The van der Waals surface area contributed by atoms with Crippen LogP contribution in [0.5, 0.6) is 0 Å². The number of hydrogen-bond acceptors (Lipinski definition) is 3. The van der Waals surface area contributed by atoms with E-state index in [2.05, 4.69) is 172 Å². The van der Waals surface area contributed by atoms with Crippen molar-refractivity contribution in [2.75, 3.05) is 0 Å². The Morgan fingerprint density at radius 3 is 1.37 bits per heavy atom. The average molecular weight is 640 g/mol. The van der Waals surface area contributed by atoms with E-state index >= 15 is 0 Å². The fourth-order valence-electron chi connectivity index (χ4n) is 6.85. The summed E-state index contributed by atoms with van der Waals surface area (Å²) in [7, 11) is 0. The molecule has 0 bridgehead atoms. The molecule has 7 rings (SSSR count). The van der Waals surface area contributed by atoms with E-state index in [0.29, 0.717) is 17.5 Å². The maximum Gasteiger partial charge on any atom is 0.164 e. The first-order chi connectivity index (χ1) is 23.3. The van der Waals surface area contributed by atoms with Gasteiger partial charge in [-0.25, -0.2) is 15.0 Å². The zero-order valence-electron chi connectivity index (χ0n) is 30.2. The van der Waals surface area contributed by atoms with Gasteiger partial charge >= 0.3 is 0 Å². The summed E-state index contributed by atoms with van der Waals surface area (Å²) in [5.41, 5.74) is 11.7. The van der Waals surface area contributed by atoms with Gasteiger partial charge in [-0.3, -0.25) is 0 Å². The smallest absolute Gasteiger partial charge is 0.164 e. The normalized spacial score (nSPS) is 12.2. The molecular weight excluding hydrogens is 595 g/mol. The zero-order valence-corrected chi connectivity index (χ0v) is 30.2. The van der Waals surface area contributed by atoms with Crippen LogP contribution in [0.15, 0.2) is 109 Å². The predicted octanol–water partition coefficient (Wildman–Crippen LogP) is 12.4. The van der Waals surface area contributed by atoms with Crippen LogP contribution in [0.2, 0.25) is 0 Å². The van der Waals surface area contributed by atoms with Gasteiger partial charge in [-0.15, -0.1) is 0 Å². The third-order valence-corrected chi connectivity index (χ3v) is 9.79. The molecule has 0 aliphatic carbocycles. The number of nitrogens with zero attached hydrogens (tertiary/aromatic N) is 3. The summed E-state index contributed by atoms with van der Waals surface area (Å²) in [6.07, 6.45) is 0. The van der Waals surface area contributed by atoms with Gasteiger partial charge in [0.05, 0.1) is 0 Å². The van der Waals surface area contributed by atoms with Crippen LogP contribution >= 0.6 is 0 Å². The van der Waals surface area contributed by atoms with Gasteiger partial charge in [-0.05, 0) is 81.0 Å². The molecule has 1 aromatic heterocycles. The van der Waals surface area contributed by atoms with E-state index in [4.69, 9.17) is 15.0 Å². The highest BCUT2D eigenvalue weighted by Crippen LogP contribution is 2.43. The van der Waals surface area contributed by atoms with Crippen molar-refractivity contribution in [1.29, 1.82) is 0 Å². The minimum Gasteiger partial charge on any atom is -0.208 e. The van der Waals surface area contributed by atoms with Crippen LogP contribution in [-0.2, 0) is 10.8 Å². The first-order valence-electron chi connectivity index (χ1n) is 17.3. The Morgan fingerprint density at radius 2 is 0.857 bits per heavy atom. The lowest BCUT2D eigenvalue weighted by molar-refractivity contribution is 0.590. The van der Waals surface area contributed by atoms with Crippen LogP contribution in [0.4, 0.5) is 0 Å². The van der Waals surface area contributed by atoms with Crippen LogP contribution in [0.25, 0.3) is 66.8 Å². The summed E-state index contributed by atoms with van der Waals surface area (Å²) in [6.45, 7) is 20.0. The number of fused-ring (bicyclic) bond motifs is 2. The molecule has 6 aromatic carbocycles. The Bertz CT molecular complexity index is 2270. The first kappa shape index (κ1) is 32.4. The maximum absolute atomic E-state index is 5.22. The number of rotatable bonds is 4. The second-order valence-corrected chi connectivity index (χ2v) is 15.6. The molecule has 1 heterocycles. The van der Waals surface area contributed by atoms with E-state index < -0.39 is 0 Å². The molecule has 0 spiro atoms. The molecule has 3 heteroatoms. The molecule has 7 aromatic rings. The molecule has 244 valence electrons. The molecule has 0 atom stereocenters. The lowest BCUT2D eigenvalue weighted by Crippen LogP contribution is -2.11. The molecule has 0 aliphatic rings.